The van der Waals surface area contributed by atoms with Crippen molar-refractivity contribution >= 4 is 23.3 Å². The van der Waals surface area contributed by atoms with E-state index < -0.39 is 0 Å². The van der Waals surface area contributed by atoms with Crippen molar-refractivity contribution < 1.29 is 9.53 Å². The third kappa shape index (κ3) is 2.63. The Hall–Kier alpha value is -1.26. The maximum Gasteiger partial charge on any atom is 0.321 e. The Kier molecular flexibility index (Phi) is 3.85. The van der Waals surface area contributed by atoms with Crippen LogP contribution in [0.4, 0.5) is 10.5 Å². The molecule has 2 aliphatic rings. The average molecular weight is 295 g/mol. The molecule has 3 rings (SSSR count). The summed E-state index contributed by atoms with van der Waals surface area (Å²) in [5.74, 6) is 0.472. The fourth-order valence-corrected chi connectivity index (χ4v) is 3.24. The van der Waals surface area contributed by atoms with E-state index in [-0.39, 0.29) is 11.4 Å². The van der Waals surface area contributed by atoms with E-state index in [1.807, 2.05) is 12.1 Å². The normalized spacial score (nSPS) is 21.3. The lowest BCUT2D eigenvalue weighted by Gasteiger charge is -2.29. The zero-order chi connectivity index (χ0) is 14.1. The van der Waals surface area contributed by atoms with Crippen LogP contribution in [0.25, 0.3) is 0 Å². The van der Waals surface area contributed by atoms with Gasteiger partial charge < -0.3 is 15.0 Å². The molecule has 20 heavy (non-hydrogen) atoms. The summed E-state index contributed by atoms with van der Waals surface area (Å²) in [5, 5.41) is 2.90. The fraction of sp³-hybridized carbons (Fsp3) is 0.533. The third-order valence-corrected chi connectivity index (χ3v) is 4.73. The van der Waals surface area contributed by atoms with E-state index in [0.717, 1.165) is 42.9 Å². The third-order valence-electron chi connectivity index (χ3n) is 4.12. The number of rotatable bonds is 2. The highest BCUT2D eigenvalue weighted by atomic mass is 35.5. The molecule has 0 saturated carbocycles. The van der Waals surface area contributed by atoms with Gasteiger partial charge in [-0.05, 0) is 36.0 Å². The van der Waals surface area contributed by atoms with Crippen molar-refractivity contribution in [2.75, 3.05) is 25.6 Å². The molecule has 0 bridgehead atoms. The Balaban J connectivity index is 1.81. The molecule has 1 unspecified atom stereocenters. The topological polar surface area (TPSA) is 41.6 Å². The predicted molar refractivity (Wildman–Crippen MR) is 79.1 cm³/mol. The summed E-state index contributed by atoms with van der Waals surface area (Å²) in [5.41, 5.74) is 3.16. The van der Waals surface area contributed by atoms with Gasteiger partial charge in [-0.2, -0.15) is 0 Å². The molecule has 1 aromatic carbocycles. The molecule has 1 atom stereocenters. The zero-order valence-electron chi connectivity index (χ0n) is 11.6. The van der Waals surface area contributed by atoms with E-state index in [2.05, 4.69) is 11.4 Å². The lowest BCUT2D eigenvalue weighted by molar-refractivity contribution is 0.0650. The first-order valence-electron chi connectivity index (χ1n) is 7.02. The molecule has 2 amide bonds. The number of hydrogen-bond donors (Lipinski definition) is 1. The van der Waals surface area contributed by atoms with Crippen molar-refractivity contribution in [1.29, 1.82) is 0 Å². The van der Waals surface area contributed by atoms with E-state index in [4.69, 9.17) is 16.3 Å². The minimum atomic E-state index is -0.0582. The lowest BCUT2D eigenvalue weighted by Crippen LogP contribution is -2.35. The monoisotopic (exact) mass is 294 g/mol. The van der Waals surface area contributed by atoms with E-state index in [0.29, 0.717) is 12.5 Å². The van der Waals surface area contributed by atoms with Crippen LogP contribution in [-0.2, 0) is 11.3 Å². The first kappa shape index (κ1) is 13.7. The van der Waals surface area contributed by atoms with Crippen LogP contribution < -0.4 is 5.32 Å². The molecule has 4 nitrogen and oxygen atoms in total. The number of alkyl halides is 1. The fourth-order valence-electron chi connectivity index (χ4n) is 2.86. The summed E-state index contributed by atoms with van der Waals surface area (Å²) in [6, 6.07) is 6.05. The highest BCUT2D eigenvalue weighted by molar-refractivity contribution is 6.21. The highest BCUT2D eigenvalue weighted by Gasteiger charge is 2.25. The second-order valence-corrected chi connectivity index (χ2v) is 6.02. The van der Waals surface area contributed by atoms with E-state index in [1.54, 1.807) is 11.9 Å². The SMILES string of the molecule is CN1Cc2cc(C(Cl)C3CCOCC3)ccc2NC1=O. The molecule has 1 N–H and O–H groups in total. The molecular weight excluding hydrogens is 276 g/mol. The van der Waals surface area contributed by atoms with Gasteiger partial charge in [0.15, 0.2) is 0 Å². The number of urea groups is 1. The molecule has 108 valence electrons. The van der Waals surface area contributed by atoms with Crippen molar-refractivity contribution in [3.63, 3.8) is 0 Å². The molecule has 2 heterocycles. The summed E-state index contributed by atoms with van der Waals surface area (Å²) in [6.45, 7) is 2.24. The number of nitrogens with zero attached hydrogens (tertiary/aromatic N) is 1. The molecular formula is C15H19ClN2O2. The second-order valence-electron chi connectivity index (χ2n) is 5.55. The average Bonchev–Trinajstić information content (AvgIpc) is 2.48. The number of hydrogen-bond acceptors (Lipinski definition) is 2. The lowest BCUT2D eigenvalue weighted by atomic mass is 9.90. The number of ether oxygens (including phenoxy) is 1. The quantitative estimate of drug-likeness (QED) is 0.850. The maximum atomic E-state index is 11.6. The molecule has 1 aromatic rings. The van der Waals surface area contributed by atoms with Gasteiger partial charge in [-0.1, -0.05) is 12.1 Å². The molecule has 1 saturated heterocycles. The Bertz CT molecular complexity index is 515. The molecule has 5 heteroatoms. The zero-order valence-corrected chi connectivity index (χ0v) is 12.3. The van der Waals surface area contributed by atoms with E-state index in [1.165, 1.54) is 0 Å². The van der Waals surface area contributed by atoms with Gasteiger partial charge in [0.1, 0.15) is 0 Å². The second kappa shape index (κ2) is 5.62. The Labute approximate surface area is 124 Å². The van der Waals surface area contributed by atoms with Crippen molar-refractivity contribution in [3.05, 3.63) is 29.3 Å². The minimum absolute atomic E-state index is 0.0205. The summed E-state index contributed by atoms with van der Waals surface area (Å²) in [4.78, 5) is 13.3. The van der Waals surface area contributed by atoms with Crippen LogP contribution in [0.1, 0.15) is 29.3 Å². The van der Waals surface area contributed by atoms with Gasteiger partial charge in [-0.15, -0.1) is 11.6 Å². The van der Waals surface area contributed by atoms with Gasteiger partial charge in [-0.25, -0.2) is 4.79 Å². The molecule has 2 aliphatic heterocycles. The molecule has 0 aromatic heterocycles. The Morgan fingerprint density at radius 2 is 2.15 bits per heavy atom. The van der Waals surface area contributed by atoms with Gasteiger partial charge in [-0.3, -0.25) is 0 Å². The van der Waals surface area contributed by atoms with Crippen LogP contribution in [0.15, 0.2) is 18.2 Å². The van der Waals surface area contributed by atoms with Crippen molar-refractivity contribution in [2.45, 2.75) is 24.8 Å². The number of nitrogens with one attached hydrogen (secondary N) is 1. The van der Waals surface area contributed by atoms with Crippen LogP contribution in [0, 0.1) is 5.92 Å². The van der Waals surface area contributed by atoms with Crippen LogP contribution >= 0.6 is 11.6 Å². The molecule has 0 spiro atoms. The summed E-state index contributed by atoms with van der Waals surface area (Å²) < 4.78 is 5.39. The number of carbonyl (C=O) groups excluding carboxylic acids is 1. The van der Waals surface area contributed by atoms with Crippen LogP contribution in [0.5, 0.6) is 0 Å². The Morgan fingerprint density at radius 1 is 1.40 bits per heavy atom. The van der Waals surface area contributed by atoms with Crippen molar-refractivity contribution in [3.8, 4) is 0 Å². The largest absolute Gasteiger partial charge is 0.381 e. The minimum Gasteiger partial charge on any atom is -0.381 e. The number of benzene rings is 1. The number of fused-ring (bicyclic) bond motifs is 1. The van der Waals surface area contributed by atoms with Gasteiger partial charge in [0, 0.05) is 32.5 Å². The smallest absolute Gasteiger partial charge is 0.321 e. The van der Waals surface area contributed by atoms with Gasteiger partial charge in [0.25, 0.3) is 0 Å². The molecule has 1 fully saturated rings. The number of amides is 2. The summed E-state index contributed by atoms with van der Waals surface area (Å²) >= 11 is 6.64. The van der Waals surface area contributed by atoms with Crippen molar-refractivity contribution in [2.24, 2.45) is 5.92 Å². The first-order chi connectivity index (χ1) is 9.65. The van der Waals surface area contributed by atoms with Crippen LogP contribution in [0.2, 0.25) is 0 Å². The van der Waals surface area contributed by atoms with E-state index >= 15 is 0 Å². The summed E-state index contributed by atoms with van der Waals surface area (Å²) in [7, 11) is 1.79. The Morgan fingerprint density at radius 3 is 2.90 bits per heavy atom. The first-order valence-corrected chi connectivity index (χ1v) is 7.45. The standard InChI is InChI=1S/C15H19ClN2O2/c1-18-9-12-8-11(2-3-13(12)17-15(18)19)14(16)10-4-6-20-7-5-10/h2-3,8,10,14H,4-7,9H2,1H3,(H,17,19). The van der Waals surface area contributed by atoms with Gasteiger partial charge >= 0.3 is 6.03 Å². The van der Waals surface area contributed by atoms with E-state index in [9.17, 15) is 4.79 Å². The molecule has 0 aliphatic carbocycles. The number of halogens is 1. The summed E-state index contributed by atoms with van der Waals surface area (Å²) in [6.07, 6.45) is 2.03. The number of carbonyl (C=O) groups is 1. The number of anilines is 1. The van der Waals surface area contributed by atoms with Crippen molar-refractivity contribution in [1.82, 2.24) is 4.90 Å². The molecule has 0 radical (unpaired) electrons. The predicted octanol–water partition coefficient (Wildman–Crippen LogP) is 3.37. The van der Waals surface area contributed by atoms with Gasteiger partial charge in [0.2, 0.25) is 0 Å². The van der Waals surface area contributed by atoms with Crippen LogP contribution in [0.3, 0.4) is 0 Å². The van der Waals surface area contributed by atoms with Gasteiger partial charge in [0.05, 0.1) is 5.38 Å². The highest BCUT2D eigenvalue weighted by Crippen LogP contribution is 2.37. The maximum absolute atomic E-state index is 11.6. The van der Waals surface area contributed by atoms with Crippen LogP contribution in [-0.4, -0.2) is 31.2 Å².